The number of hydrogen-bond donors (Lipinski definition) is 0. The van der Waals surface area contributed by atoms with Gasteiger partial charge in [0, 0.05) is 0 Å². The Balaban J connectivity index is 4.05. The number of carbonyl (C=O) groups excluding carboxylic acids is 2. The molecule has 9 heavy (non-hydrogen) atoms. The van der Waals surface area contributed by atoms with Crippen LogP contribution in [-0.4, -0.2) is 18.9 Å². The fraction of sp³-hybridized carbons (Fsp3) is 0.333. The van der Waals surface area contributed by atoms with Crippen LogP contribution in [0.1, 0.15) is 6.92 Å². The van der Waals surface area contributed by atoms with E-state index in [0.717, 1.165) is 7.11 Å². The number of hydrogen-bond acceptors (Lipinski definition) is 3. The molecule has 0 rings (SSSR count). The van der Waals surface area contributed by atoms with E-state index in [1.165, 1.54) is 6.92 Å². The fourth-order valence-corrected chi connectivity index (χ4v) is 0.254. The molecule has 0 aromatic rings. The predicted molar refractivity (Wildman–Crippen MR) is 30.5 cm³/mol. The van der Waals surface area contributed by atoms with Crippen molar-refractivity contribution in [1.29, 1.82) is 0 Å². The topological polar surface area (TPSA) is 43.4 Å². The van der Waals surface area contributed by atoms with E-state index < -0.39 is 11.8 Å². The number of methoxy groups -OCH3 is 1. The molecule has 0 saturated carbocycles. The first-order valence-electron chi connectivity index (χ1n) is 2.31. The molecule has 0 fully saturated rings. The van der Waals surface area contributed by atoms with Gasteiger partial charge in [0.2, 0.25) is 0 Å². The lowest BCUT2D eigenvalue weighted by atomic mass is 10.2. The Labute approximate surface area is 53.3 Å². The van der Waals surface area contributed by atoms with Gasteiger partial charge >= 0.3 is 5.97 Å². The first-order valence-corrected chi connectivity index (χ1v) is 2.31. The van der Waals surface area contributed by atoms with Gasteiger partial charge in [0.25, 0.3) is 0 Å². The average molecular weight is 127 g/mol. The summed E-state index contributed by atoms with van der Waals surface area (Å²) in [6.07, 6.45) is 0. The van der Waals surface area contributed by atoms with E-state index in [9.17, 15) is 9.59 Å². The summed E-state index contributed by atoms with van der Waals surface area (Å²) in [4.78, 5) is 20.6. The van der Waals surface area contributed by atoms with Crippen molar-refractivity contribution in [3.05, 3.63) is 12.2 Å². The average Bonchev–Trinajstić information content (AvgIpc) is 1.84. The lowest BCUT2D eigenvalue weighted by Gasteiger charge is -1.95. The molecule has 0 aromatic heterocycles. The quantitative estimate of drug-likeness (QED) is 0.229. The van der Waals surface area contributed by atoms with Gasteiger partial charge in [-0.3, -0.25) is 4.79 Å². The summed E-state index contributed by atoms with van der Waals surface area (Å²) in [5.74, 6) is -1.25. The van der Waals surface area contributed by atoms with E-state index in [2.05, 4.69) is 4.74 Å². The SMILES string of the molecule is [CH]=C(C(C)=O)C(=O)OC. The van der Waals surface area contributed by atoms with Gasteiger partial charge in [0.1, 0.15) is 5.57 Å². The van der Waals surface area contributed by atoms with Crippen molar-refractivity contribution in [3.63, 3.8) is 0 Å². The van der Waals surface area contributed by atoms with Crippen molar-refractivity contribution < 1.29 is 14.3 Å². The third-order valence-electron chi connectivity index (χ3n) is 0.785. The first-order chi connectivity index (χ1) is 4.09. The lowest BCUT2D eigenvalue weighted by molar-refractivity contribution is -0.137. The third kappa shape index (κ3) is 2.08. The van der Waals surface area contributed by atoms with Crippen molar-refractivity contribution in [3.8, 4) is 0 Å². The standard InChI is InChI=1S/C6H7O3/c1-4(5(2)7)6(8)9-3/h1H,2-3H3. The number of ether oxygens (including phenoxy) is 1. The van der Waals surface area contributed by atoms with Crippen LogP contribution in [0.5, 0.6) is 0 Å². The molecule has 0 bridgehead atoms. The number of carbonyl (C=O) groups is 2. The fourth-order valence-electron chi connectivity index (χ4n) is 0.254. The first kappa shape index (κ1) is 7.88. The molecule has 0 atom stereocenters. The van der Waals surface area contributed by atoms with Crippen molar-refractivity contribution in [2.45, 2.75) is 6.92 Å². The van der Waals surface area contributed by atoms with Crippen molar-refractivity contribution in [2.75, 3.05) is 7.11 Å². The number of rotatable bonds is 2. The third-order valence-corrected chi connectivity index (χ3v) is 0.785. The second-order valence-electron chi connectivity index (χ2n) is 1.46. The highest BCUT2D eigenvalue weighted by atomic mass is 16.5. The van der Waals surface area contributed by atoms with Crippen LogP contribution in [0.4, 0.5) is 0 Å². The molecule has 0 saturated heterocycles. The Morgan fingerprint density at radius 1 is 1.44 bits per heavy atom. The minimum Gasteiger partial charge on any atom is -0.465 e. The molecule has 0 N–H and O–H groups in total. The molecule has 0 aliphatic rings. The van der Waals surface area contributed by atoms with Crippen LogP contribution in [0.2, 0.25) is 0 Å². The van der Waals surface area contributed by atoms with Crippen LogP contribution >= 0.6 is 0 Å². The Kier molecular flexibility index (Phi) is 2.64. The van der Waals surface area contributed by atoms with E-state index >= 15 is 0 Å². The van der Waals surface area contributed by atoms with Gasteiger partial charge in [-0.15, -0.1) is 0 Å². The monoisotopic (exact) mass is 127 g/mol. The molecule has 0 spiro atoms. The van der Waals surface area contributed by atoms with Gasteiger partial charge in [-0.2, -0.15) is 0 Å². The molecular formula is C6H7O3. The highest BCUT2D eigenvalue weighted by molar-refractivity contribution is 6.15. The largest absolute Gasteiger partial charge is 0.465 e. The smallest absolute Gasteiger partial charge is 0.341 e. The van der Waals surface area contributed by atoms with Crippen LogP contribution in [0.3, 0.4) is 0 Å². The number of esters is 1. The molecule has 3 nitrogen and oxygen atoms in total. The maximum absolute atomic E-state index is 10.3. The maximum atomic E-state index is 10.3. The summed E-state index contributed by atoms with van der Waals surface area (Å²) >= 11 is 0. The van der Waals surface area contributed by atoms with E-state index in [1.807, 2.05) is 0 Å². The zero-order valence-corrected chi connectivity index (χ0v) is 5.30. The number of Topliss-reactive ketones (excluding diaryl/α,β-unsaturated/α-hetero) is 1. The minimum absolute atomic E-state index is 0.363. The van der Waals surface area contributed by atoms with Crippen LogP contribution in [0.15, 0.2) is 5.57 Å². The van der Waals surface area contributed by atoms with E-state index in [1.54, 1.807) is 0 Å². The molecule has 0 heterocycles. The van der Waals surface area contributed by atoms with Crippen molar-refractivity contribution in [1.82, 2.24) is 0 Å². The molecule has 0 unspecified atom stereocenters. The van der Waals surface area contributed by atoms with Crippen LogP contribution < -0.4 is 0 Å². The highest BCUT2D eigenvalue weighted by Gasteiger charge is 2.10. The summed E-state index contributed by atoms with van der Waals surface area (Å²) in [5, 5.41) is 0. The molecule has 0 amide bonds. The molecule has 3 heteroatoms. The highest BCUT2D eigenvalue weighted by Crippen LogP contribution is 1.92. The Hall–Kier alpha value is -1.12. The van der Waals surface area contributed by atoms with E-state index in [4.69, 9.17) is 6.58 Å². The zero-order valence-electron chi connectivity index (χ0n) is 5.30. The van der Waals surface area contributed by atoms with Crippen molar-refractivity contribution in [2.24, 2.45) is 0 Å². The predicted octanol–water partition coefficient (Wildman–Crippen LogP) is 0.108. The van der Waals surface area contributed by atoms with Gasteiger partial charge in [-0.05, 0) is 13.5 Å². The van der Waals surface area contributed by atoms with Gasteiger partial charge < -0.3 is 4.74 Å². The van der Waals surface area contributed by atoms with Crippen molar-refractivity contribution >= 4 is 11.8 Å². The summed E-state index contributed by atoms with van der Waals surface area (Å²) in [5.41, 5.74) is -0.363. The molecule has 1 radical (unpaired) electrons. The summed E-state index contributed by atoms with van der Waals surface area (Å²) in [7, 11) is 1.16. The maximum Gasteiger partial charge on any atom is 0.341 e. The van der Waals surface area contributed by atoms with Gasteiger partial charge in [-0.1, -0.05) is 0 Å². The molecule has 0 aliphatic heterocycles. The van der Waals surface area contributed by atoms with E-state index in [0.29, 0.717) is 0 Å². The van der Waals surface area contributed by atoms with Gasteiger partial charge in [0.15, 0.2) is 5.78 Å². The minimum atomic E-state index is -0.775. The van der Waals surface area contributed by atoms with Crippen LogP contribution in [0, 0.1) is 6.58 Å². The second kappa shape index (κ2) is 3.02. The van der Waals surface area contributed by atoms with Crippen LogP contribution in [0.25, 0.3) is 0 Å². The number of ketones is 1. The zero-order chi connectivity index (χ0) is 7.44. The summed E-state index contributed by atoms with van der Waals surface area (Å²) < 4.78 is 4.15. The lowest BCUT2D eigenvalue weighted by Crippen LogP contribution is -2.09. The van der Waals surface area contributed by atoms with Gasteiger partial charge in [0.05, 0.1) is 7.11 Å². The van der Waals surface area contributed by atoms with Crippen LogP contribution in [-0.2, 0) is 14.3 Å². The molecule has 0 aromatic carbocycles. The summed E-state index contributed by atoms with van der Waals surface area (Å²) in [6, 6.07) is 0. The molecule has 0 aliphatic carbocycles. The van der Waals surface area contributed by atoms with E-state index in [-0.39, 0.29) is 5.57 Å². The Morgan fingerprint density at radius 2 is 1.89 bits per heavy atom. The van der Waals surface area contributed by atoms with Gasteiger partial charge in [-0.25, -0.2) is 4.79 Å². The Morgan fingerprint density at radius 3 is 2.00 bits per heavy atom. The summed E-state index contributed by atoms with van der Waals surface area (Å²) in [6.45, 7) is 6.16. The second-order valence-corrected chi connectivity index (χ2v) is 1.46. The Bertz CT molecular complexity index is 158. The molecular weight excluding hydrogens is 120 g/mol. The molecule has 49 valence electrons. The normalized spacial score (nSPS) is 8.22.